The first kappa shape index (κ1) is 8.27. The van der Waals surface area contributed by atoms with Gasteiger partial charge in [0, 0.05) is 5.75 Å². The third kappa shape index (κ3) is 2.72. The van der Waals surface area contributed by atoms with Crippen molar-refractivity contribution in [3.05, 3.63) is 35.9 Å². The number of hydrogen-bond donors (Lipinski definition) is 1. The second-order valence-electron chi connectivity index (χ2n) is 1.99. The molecule has 0 saturated carbocycles. The molecular weight excluding hydrogens is 161 g/mol. The first-order chi connectivity index (χ1) is 5.33. The fraction of sp³-hybridized carbons (Fsp3) is 0.125. The molecule has 1 aromatic heterocycles. The summed E-state index contributed by atoms with van der Waals surface area (Å²) in [5, 5.41) is 0. The van der Waals surface area contributed by atoms with Crippen molar-refractivity contribution in [1.82, 2.24) is 4.98 Å². The first-order valence-electron chi connectivity index (χ1n) is 3.22. The van der Waals surface area contributed by atoms with Gasteiger partial charge >= 0.3 is 0 Å². The second-order valence-corrected chi connectivity index (χ2v) is 2.35. The van der Waals surface area contributed by atoms with Gasteiger partial charge in [0.1, 0.15) is 5.82 Å². The number of aromatic nitrogens is 1. The quantitative estimate of drug-likeness (QED) is 0.669. The lowest BCUT2D eigenvalue weighted by atomic mass is 10.3. The Hall–Kier alpha value is -0.830. The topological polar surface area (TPSA) is 12.9 Å². The normalized spacial score (nSPS) is 10.7. The summed E-state index contributed by atoms with van der Waals surface area (Å²) in [6, 6.07) is 3.00. The van der Waals surface area contributed by atoms with E-state index in [2.05, 4.69) is 17.6 Å². The molecule has 3 heteroatoms. The molecule has 1 aromatic rings. The standard InChI is InChI=1S/C8H8FNS/c9-7-3-4-8(10-6-7)2-1-5-11/h1-4,6,11H,5H2. The summed E-state index contributed by atoms with van der Waals surface area (Å²) in [7, 11) is 0. The molecule has 1 rings (SSSR count). The van der Waals surface area contributed by atoms with Crippen LogP contribution in [0.1, 0.15) is 5.69 Å². The average molecular weight is 169 g/mol. The van der Waals surface area contributed by atoms with Gasteiger partial charge in [0.25, 0.3) is 0 Å². The Morgan fingerprint density at radius 3 is 2.91 bits per heavy atom. The minimum atomic E-state index is -0.312. The summed E-state index contributed by atoms with van der Waals surface area (Å²) in [6.07, 6.45) is 4.84. The Labute approximate surface area is 70.4 Å². The monoisotopic (exact) mass is 169 g/mol. The van der Waals surface area contributed by atoms with E-state index in [-0.39, 0.29) is 5.82 Å². The Morgan fingerprint density at radius 1 is 1.55 bits per heavy atom. The molecule has 0 aliphatic carbocycles. The molecule has 0 saturated heterocycles. The summed E-state index contributed by atoms with van der Waals surface area (Å²) in [6.45, 7) is 0. The van der Waals surface area contributed by atoms with Gasteiger partial charge in [-0.05, 0) is 18.2 Å². The van der Waals surface area contributed by atoms with Crippen LogP contribution in [-0.2, 0) is 0 Å². The van der Waals surface area contributed by atoms with Crippen molar-refractivity contribution in [3.63, 3.8) is 0 Å². The zero-order valence-corrected chi connectivity index (χ0v) is 6.76. The van der Waals surface area contributed by atoms with Crippen molar-refractivity contribution in [2.24, 2.45) is 0 Å². The Kier molecular flexibility index (Phi) is 3.11. The van der Waals surface area contributed by atoms with Gasteiger partial charge in [-0.2, -0.15) is 12.6 Å². The lowest BCUT2D eigenvalue weighted by Gasteiger charge is -1.90. The SMILES string of the molecule is Fc1ccc(C=CCS)nc1. The van der Waals surface area contributed by atoms with Gasteiger partial charge in [0.05, 0.1) is 11.9 Å². The molecule has 0 amide bonds. The van der Waals surface area contributed by atoms with Crippen molar-refractivity contribution in [2.45, 2.75) is 0 Å². The van der Waals surface area contributed by atoms with Gasteiger partial charge in [0.15, 0.2) is 0 Å². The molecule has 1 heterocycles. The van der Waals surface area contributed by atoms with Crippen LogP contribution in [0.3, 0.4) is 0 Å². The molecule has 0 aliphatic heterocycles. The third-order valence-corrected chi connectivity index (χ3v) is 1.36. The van der Waals surface area contributed by atoms with E-state index in [0.29, 0.717) is 5.75 Å². The van der Waals surface area contributed by atoms with E-state index < -0.39 is 0 Å². The van der Waals surface area contributed by atoms with Gasteiger partial charge in [-0.25, -0.2) is 4.39 Å². The first-order valence-corrected chi connectivity index (χ1v) is 3.85. The number of pyridine rings is 1. The van der Waals surface area contributed by atoms with Gasteiger partial charge in [-0.15, -0.1) is 0 Å². The van der Waals surface area contributed by atoms with E-state index in [4.69, 9.17) is 0 Å². The lowest BCUT2D eigenvalue weighted by Crippen LogP contribution is -1.81. The molecule has 0 fully saturated rings. The number of nitrogens with zero attached hydrogens (tertiary/aromatic N) is 1. The van der Waals surface area contributed by atoms with Crippen LogP contribution in [-0.4, -0.2) is 10.7 Å². The van der Waals surface area contributed by atoms with E-state index in [1.807, 2.05) is 6.08 Å². The molecule has 0 spiro atoms. The van der Waals surface area contributed by atoms with Crippen LogP contribution in [0.5, 0.6) is 0 Å². The van der Waals surface area contributed by atoms with Crippen LogP contribution in [0.4, 0.5) is 4.39 Å². The van der Waals surface area contributed by atoms with E-state index in [1.54, 1.807) is 12.1 Å². The highest BCUT2D eigenvalue weighted by molar-refractivity contribution is 7.80. The molecule has 0 N–H and O–H groups in total. The predicted molar refractivity (Wildman–Crippen MR) is 47.1 cm³/mol. The Balaban J connectivity index is 2.73. The highest BCUT2D eigenvalue weighted by atomic mass is 32.1. The minimum Gasteiger partial charge on any atom is -0.254 e. The van der Waals surface area contributed by atoms with E-state index in [0.717, 1.165) is 5.69 Å². The van der Waals surface area contributed by atoms with Crippen molar-refractivity contribution in [3.8, 4) is 0 Å². The predicted octanol–water partition coefficient (Wildman–Crippen LogP) is 2.16. The van der Waals surface area contributed by atoms with E-state index >= 15 is 0 Å². The molecule has 0 unspecified atom stereocenters. The zero-order chi connectivity index (χ0) is 8.10. The average Bonchev–Trinajstić information content (AvgIpc) is 2.04. The third-order valence-electron chi connectivity index (χ3n) is 1.14. The van der Waals surface area contributed by atoms with E-state index in [1.165, 1.54) is 12.3 Å². The summed E-state index contributed by atoms with van der Waals surface area (Å²) in [5.41, 5.74) is 0.750. The lowest BCUT2D eigenvalue weighted by molar-refractivity contribution is 0.621. The van der Waals surface area contributed by atoms with Gasteiger partial charge < -0.3 is 0 Å². The maximum Gasteiger partial charge on any atom is 0.141 e. The summed E-state index contributed by atoms with van der Waals surface area (Å²) < 4.78 is 12.3. The van der Waals surface area contributed by atoms with Gasteiger partial charge in [-0.3, -0.25) is 4.98 Å². The minimum absolute atomic E-state index is 0.312. The van der Waals surface area contributed by atoms with Crippen LogP contribution in [0.25, 0.3) is 6.08 Å². The highest BCUT2D eigenvalue weighted by Gasteiger charge is 1.88. The van der Waals surface area contributed by atoms with Crippen LogP contribution in [0.2, 0.25) is 0 Å². The number of thiol groups is 1. The van der Waals surface area contributed by atoms with Crippen molar-refractivity contribution in [1.29, 1.82) is 0 Å². The zero-order valence-electron chi connectivity index (χ0n) is 5.87. The van der Waals surface area contributed by atoms with Gasteiger partial charge in [0.2, 0.25) is 0 Å². The second kappa shape index (κ2) is 4.13. The molecule has 0 aromatic carbocycles. The maximum absolute atomic E-state index is 12.3. The molecule has 0 radical (unpaired) electrons. The highest BCUT2D eigenvalue weighted by Crippen LogP contribution is 1.99. The van der Waals surface area contributed by atoms with Gasteiger partial charge in [-0.1, -0.05) is 6.08 Å². The molecular formula is C8H8FNS. The Morgan fingerprint density at radius 2 is 2.36 bits per heavy atom. The summed E-state index contributed by atoms with van der Waals surface area (Å²) >= 11 is 3.98. The molecule has 0 bridgehead atoms. The summed E-state index contributed by atoms with van der Waals surface area (Å²) in [4.78, 5) is 3.82. The molecule has 0 atom stereocenters. The fourth-order valence-corrected chi connectivity index (χ4v) is 0.765. The van der Waals surface area contributed by atoms with Crippen LogP contribution in [0, 0.1) is 5.82 Å². The smallest absolute Gasteiger partial charge is 0.141 e. The van der Waals surface area contributed by atoms with Crippen molar-refractivity contribution in [2.75, 3.05) is 5.75 Å². The van der Waals surface area contributed by atoms with Crippen LogP contribution < -0.4 is 0 Å². The number of hydrogen-bond acceptors (Lipinski definition) is 2. The molecule has 11 heavy (non-hydrogen) atoms. The van der Waals surface area contributed by atoms with Crippen molar-refractivity contribution >= 4 is 18.7 Å². The Bertz CT molecular complexity index is 243. The maximum atomic E-state index is 12.3. The van der Waals surface area contributed by atoms with Crippen LogP contribution in [0.15, 0.2) is 24.4 Å². The summed E-state index contributed by atoms with van der Waals surface area (Å²) in [5.74, 6) is 0.354. The number of rotatable bonds is 2. The molecule has 58 valence electrons. The fourth-order valence-electron chi connectivity index (χ4n) is 0.659. The van der Waals surface area contributed by atoms with Crippen LogP contribution >= 0.6 is 12.6 Å². The van der Waals surface area contributed by atoms with Crippen molar-refractivity contribution < 1.29 is 4.39 Å². The van der Waals surface area contributed by atoms with E-state index in [9.17, 15) is 4.39 Å². The molecule has 1 nitrogen and oxygen atoms in total. The number of halogens is 1. The largest absolute Gasteiger partial charge is 0.254 e. The molecule has 0 aliphatic rings.